The van der Waals surface area contributed by atoms with Crippen LogP contribution in [0.2, 0.25) is 0 Å². The summed E-state index contributed by atoms with van der Waals surface area (Å²) in [5.41, 5.74) is 1.90. The molecule has 1 aromatic heterocycles. The third kappa shape index (κ3) is 3.94. The summed E-state index contributed by atoms with van der Waals surface area (Å²) in [6, 6.07) is 19.1. The van der Waals surface area contributed by atoms with Crippen LogP contribution in [0.1, 0.15) is 33.6 Å². The van der Waals surface area contributed by atoms with Gasteiger partial charge in [0.15, 0.2) is 5.78 Å². The Balaban J connectivity index is 1.51. The van der Waals surface area contributed by atoms with E-state index in [0.717, 1.165) is 17.0 Å². The van der Waals surface area contributed by atoms with E-state index in [1.165, 1.54) is 4.88 Å². The second kappa shape index (κ2) is 8.67. The number of carbonyl (C=O) groups is 2. The number of Topliss-reactive ketones (excluding diaryl/α,β-unsaturated/α-hetero) is 1. The third-order valence-electron chi connectivity index (χ3n) is 5.53. The van der Waals surface area contributed by atoms with Crippen molar-refractivity contribution in [1.29, 1.82) is 0 Å². The monoisotopic (exact) mass is 417 g/mol. The van der Waals surface area contributed by atoms with Crippen LogP contribution in [0.5, 0.6) is 5.75 Å². The first-order chi connectivity index (χ1) is 14.6. The van der Waals surface area contributed by atoms with Gasteiger partial charge >= 0.3 is 0 Å². The summed E-state index contributed by atoms with van der Waals surface area (Å²) in [5, 5.41) is 5.07. The van der Waals surface area contributed by atoms with Crippen molar-refractivity contribution >= 4 is 28.7 Å². The number of fused-ring (bicyclic) bond motifs is 1. The van der Waals surface area contributed by atoms with E-state index in [2.05, 4.69) is 11.4 Å². The van der Waals surface area contributed by atoms with E-state index in [1.54, 1.807) is 42.7 Å². The number of benzene rings is 2. The summed E-state index contributed by atoms with van der Waals surface area (Å²) in [5.74, 6) is 0.782. The zero-order chi connectivity index (χ0) is 21.0. The largest absolute Gasteiger partial charge is 0.497 e. The molecule has 3 aromatic rings. The summed E-state index contributed by atoms with van der Waals surface area (Å²) < 4.78 is 5.13. The third-order valence-corrected chi connectivity index (χ3v) is 6.41. The molecule has 1 N–H and O–H groups in total. The number of hydrogen-bond donors (Lipinski definition) is 1. The minimum Gasteiger partial charge on any atom is -0.497 e. The van der Waals surface area contributed by atoms with E-state index in [1.807, 2.05) is 47.9 Å². The van der Waals surface area contributed by atoms with E-state index in [9.17, 15) is 9.59 Å². The van der Waals surface area contributed by atoms with Crippen LogP contribution in [0, 0.1) is 0 Å². The predicted molar refractivity (Wildman–Crippen MR) is 120 cm³/mol. The minimum absolute atomic E-state index is 0.0169. The first-order valence-electron chi connectivity index (χ1n) is 9.88. The number of para-hydroxylation sites is 1. The van der Waals surface area contributed by atoms with Crippen molar-refractivity contribution in [3.63, 3.8) is 0 Å². The average molecular weight is 418 g/mol. The smallest absolute Gasteiger partial charge is 0.235 e. The standard InChI is InChI=1S/C25H23NO3S/c1-29-19-13-11-18(12-14-19)23(27)10-4-5-15-25(17-20-7-6-16-30-20)21-8-2-3-9-22(21)26-24(25)28/h2-9,11-14,16H,10,15,17H2,1H3,(H,26,28)/b5-4-/t25-/m0/s1. The minimum atomic E-state index is -0.652. The number of ketones is 1. The molecule has 4 nitrogen and oxygen atoms in total. The fourth-order valence-electron chi connectivity index (χ4n) is 3.90. The number of amides is 1. The van der Waals surface area contributed by atoms with Crippen molar-refractivity contribution < 1.29 is 14.3 Å². The number of anilines is 1. The Morgan fingerprint density at radius 2 is 1.87 bits per heavy atom. The Bertz CT molecular complexity index is 1070. The van der Waals surface area contributed by atoms with Crippen LogP contribution in [0.3, 0.4) is 0 Å². The maximum absolute atomic E-state index is 13.1. The highest BCUT2D eigenvalue weighted by Crippen LogP contribution is 2.43. The van der Waals surface area contributed by atoms with Gasteiger partial charge in [-0.3, -0.25) is 9.59 Å². The summed E-state index contributed by atoms with van der Waals surface area (Å²) in [6.07, 6.45) is 5.33. The van der Waals surface area contributed by atoms with Gasteiger partial charge in [-0.25, -0.2) is 0 Å². The zero-order valence-corrected chi connectivity index (χ0v) is 17.6. The van der Waals surface area contributed by atoms with Crippen LogP contribution in [0.15, 0.2) is 78.2 Å². The first-order valence-corrected chi connectivity index (χ1v) is 10.8. The molecule has 5 heteroatoms. The second-order valence-electron chi connectivity index (χ2n) is 7.37. The van der Waals surface area contributed by atoms with E-state index in [4.69, 9.17) is 4.74 Å². The molecule has 30 heavy (non-hydrogen) atoms. The van der Waals surface area contributed by atoms with Crippen molar-refractivity contribution in [2.45, 2.75) is 24.7 Å². The summed E-state index contributed by atoms with van der Waals surface area (Å²) in [4.78, 5) is 26.7. The van der Waals surface area contributed by atoms with Crippen molar-refractivity contribution in [2.24, 2.45) is 0 Å². The molecule has 2 heterocycles. The molecule has 4 rings (SSSR count). The van der Waals surface area contributed by atoms with Crippen molar-refractivity contribution in [3.8, 4) is 5.75 Å². The predicted octanol–water partition coefficient (Wildman–Crippen LogP) is 5.41. The lowest BCUT2D eigenvalue weighted by molar-refractivity contribution is -0.120. The molecule has 0 unspecified atom stereocenters. The molecular formula is C25H23NO3S. The van der Waals surface area contributed by atoms with Crippen LogP contribution in [0.4, 0.5) is 5.69 Å². The van der Waals surface area contributed by atoms with Gasteiger partial charge in [0.25, 0.3) is 0 Å². The van der Waals surface area contributed by atoms with Crippen molar-refractivity contribution in [3.05, 3.63) is 94.2 Å². The Morgan fingerprint density at radius 1 is 1.07 bits per heavy atom. The van der Waals surface area contributed by atoms with Crippen LogP contribution < -0.4 is 10.1 Å². The maximum Gasteiger partial charge on any atom is 0.235 e. The van der Waals surface area contributed by atoms with Gasteiger partial charge in [0, 0.05) is 29.0 Å². The number of thiophene rings is 1. The highest BCUT2D eigenvalue weighted by Gasteiger charge is 2.45. The molecule has 0 saturated heterocycles. The lowest BCUT2D eigenvalue weighted by Gasteiger charge is -2.25. The molecule has 1 amide bonds. The lowest BCUT2D eigenvalue weighted by Crippen LogP contribution is -2.36. The summed E-state index contributed by atoms with van der Waals surface area (Å²) in [6.45, 7) is 0. The SMILES string of the molecule is COc1ccc(C(=O)C/C=C\C[C@@]2(Cc3cccs3)C(=O)Nc3ccccc32)cc1. The molecule has 152 valence electrons. The molecule has 1 aliphatic rings. The van der Waals surface area contributed by atoms with Crippen LogP contribution >= 0.6 is 11.3 Å². The van der Waals surface area contributed by atoms with Gasteiger partial charge in [-0.05, 0) is 53.8 Å². The molecule has 0 aliphatic carbocycles. The van der Waals surface area contributed by atoms with Crippen molar-refractivity contribution in [2.75, 3.05) is 12.4 Å². The molecule has 0 spiro atoms. The van der Waals surface area contributed by atoms with Gasteiger partial charge in [-0.15, -0.1) is 11.3 Å². The molecular weight excluding hydrogens is 394 g/mol. The number of ether oxygens (including phenoxy) is 1. The molecule has 1 aliphatic heterocycles. The van der Waals surface area contributed by atoms with Gasteiger partial charge in [0.05, 0.1) is 12.5 Å². The summed E-state index contributed by atoms with van der Waals surface area (Å²) >= 11 is 1.66. The van der Waals surface area contributed by atoms with Gasteiger partial charge < -0.3 is 10.1 Å². The molecule has 0 saturated carbocycles. The number of allylic oxidation sites excluding steroid dienone is 2. The number of hydrogen-bond acceptors (Lipinski definition) is 4. The molecule has 2 aromatic carbocycles. The molecule has 0 radical (unpaired) electrons. The quantitative estimate of drug-likeness (QED) is 0.394. The van der Waals surface area contributed by atoms with Crippen molar-refractivity contribution in [1.82, 2.24) is 0 Å². The number of rotatable bonds is 8. The van der Waals surface area contributed by atoms with E-state index in [0.29, 0.717) is 24.8 Å². The topological polar surface area (TPSA) is 55.4 Å². The lowest BCUT2D eigenvalue weighted by atomic mass is 9.75. The zero-order valence-electron chi connectivity index (χ0n) is 16.8. The Morgan fingerprint density at radius 3 is 2.60 bits per heavy atom. The van der Waals surface area contributed by atoms with Gasteiger partial charge in [0.1, 0.15) is 5.75 Å². The fraction of sp³-hybridized carbons (Fsp3) is 0.200. The fourth-order valence-corrected chi connectivity index (χ4v) is 4.72. The normalized spacial score (nSPS) is 17.7. The first kappa shape index (κ1) is 20.1. The van der Waals surface area contributed by atoms with E-state index in [-0.39, 0.29) is 11.7 Å². The van der Waals surface area contributed by atoms with Gasteiger partial charge in [-0.2, -0.15) is 0 Å². The van der Waals surface area contributed by atoms with Crippen LogP contribution in [0.25, 0.3) is 0 Å². The second-order valence-corrected chi connectivity index (χ2v) is 8.40. The van der Waals surface area contributed by atoms with E-state index >= 15 is 0 Å². The maximum atomic E-state index is 13.1. The molecule has 0 bridgehead atoms. The summed E-state index contributed by atoms with van der Waals surface area (Å²) in [7, 11) is 1.60. The molecule has 1 atom stereocenters. The Kier molecular flexibility index (Phi) is 5.81. The number of carbonyl (C=O) groups excluding carboxylic acids is 2. The number of nitrogens with one attached hydrogen (secondary N) is 1. The van der Waals surface area contributed by atoms with E-state index < -0.39 is 5.41 Å². The average Bonchev–Trinajstić information content (AvgIpc) is 3.38. The Hall–Kier alpha value is -3.18. The Labute approximate surface area is 180 Å². The van der Waals surface area contributed by atoms with Gasteiger partial charge in [-0.1, -0.05) is 36.4 Å². The van der Waals surface area contributed by atoms with Crippen LogP contribution in [-0.2, 0) is 16.6 Å². The number of methoxy groups -OCH3 is 1. The highest BCUT2D eigenvalue weighted by molar-refractivity contribution is 7.09. The van der Waals surface area contributed by atoms with Crippen LogP contribution in [-0.4, -0.2) is 18.8 Å². The molecule has 0 fully saturated rings. The highest BCUT2D eigenvalue weighted by atomic mass is 32.1. The van der Waals surface area contributed by atoms with Gasteiger partial charge in [0.2, 0.25) is 5.91 Å².